The van der Waals surface area contributed by atoms with Crippen molar-refractivity contribution in [1.29, 1.82) is 0 Å². The Balaban J connectivity index is 3.03. The van der Waals surface area contributed by atoms with Gasteiger partial charge in [0.1, 0.15) is 0 Å². The van der Waals surface area contributed by atoms with E-state index in [9.17, 15) is 8.42 Å². The third-order valence-electron chi connectivity index (χ3n) is 2.51. The Hall–Kier alpha value is -0.910. The molecule has 0 aromatic heterocycles. The summed E-state index contributed by atoms with van der Waals surface area (Å²) < 4.78 is 22.6. The molecule has 0 spiro atoms. The number of benzene rings is 1. The van der Waals surface area contributed by atoms with Gasteiger partial charge in [-0.3, -0.25) is 11.3 Å². The van der Waals surface area contributed by atoms with Gasteiger partial charge in [0.15, 0.2) is 9.84 Å². The molecule has 0 radical (unpaired) electrons. The lowest BCUT2D eigenvalue weighted by molar-refractivity contribution is 0.421. The second-order valence-corrected chi connectivity index (χ2v) is 6.25. The van der Waals surface area contributed by atoms with Crippen molar-refractivity contribution in [2.24, 2.45) is 11.8 Å². The lowest BCUT2D eigenvalue weighted by atomic mass is 9.97. The smallest absolute Gasteiger partial charge is 0.175 e. The molecule has 0 bridgehead atoms. The van der Waals surface area contributed by atoms with Gasteiger partial charge in [0.05, 0.1) is 4.90 Å². The second-order valence-electron chi connectivity index (χ2n) is 4.23. The van der Waals surface area contributed by atoms with Crippen LogP contribution in [-0.2, 0) is 9.84 Å². The maximum atomic E-state index is 11.3. The lowest BCUT2D eigenvalue weighted by Gasteiger charge is -2.20. The molecule has 4 nitrogen and oxygen atoms in total. The maximum absolute atomic E-state index is 11.3. The van der Waals surface area contributed by atoms with Crippen molar-refractivity contribution >= 4 is 9.84 Å². The average Bonchev–Trinajstić information content (AvgIpc) is 2.17. The molecule has 0 fully saturated rings. The number of nitrogens with one attached hydrogen (secondary N) is 1. The second kappa shape index (κ2) is 4.95. The van der Waals surface area contributed by atoms with Crippen molar-refractivity contribution in [3.63, 3.8) is 0 Å². The molecule has 16 heavy (non-hydrogen) atoms. The summed E-state index contributed by atoms with van der Waals surface area (Å²) in [7, 11) is -3.12. The summed E-state index contributed by atoms with van der Waals surface area (Å²) in [5.41, 5.74) is 3.72. The Kier molecular flexibility index (Phi) is 4.07. The summed E-state index contributed by atoms with van der Waals surface area (Å²) in [5, 5.41) is 0. The molecule has 0 amide bonds. The lowest BCUT2D eigenvalue weighted by Crippen LogP contribution is -2.31. The van der Waals surface area contributed by atoms with E-state index in [-0.39, 0.29) is 6.04 Å². The predicted octanol–water partition coefficient (Wildman–Crippen LogP) is 1.25. The van der Waals surface area contributed by atoms with E-state index in [4.69, 9.17) is 5.84 Å². The minimum atomic E-state index is -3.12. The van der Waals surface area contributed by atoms with Crippen LogP contribution in [0.2, 0.25) is 0 Å². The van der Waals surface area contributed by atoms with Crippen molar-refractivity contribution in [2.45, 2.75) is 24.8 Å². The molecule has 1 unspecified atom stereocenters. The molecule has 5 heteroatoms. The third kappa shape index (κ3) is 3.04. The van der Waals surface area contributed by atoms with E-state index in [0.717, 1.165) is 5.56 Å². The summed E-state index contributed by atoms with van der Waals surface area (Å²) >= 11 is 0. The summed E-state index contributed by atoms with van der Waals surface area (Å²) in [6.45, 7) is 4.10. The molecule has 1 aromatic carbocycles. The van der Waals surface area contributed by atoms with Gasteiger partial charge < -0.3 is 0 Å². The zero-order valence-electron chi connectivity index (χ0n) is 9.77. The molecule has 1 rings (SSSR count). The summed E-state index contributed by atoms with van der Waals surface area (Å²) in [5.74, 6) is 5.80. The van der Waals surface area contributed by atoms with E-state index in [1.807, 2.05) is 0 Å². The van der Waals surface area contributed by atoms with Crippen LogP contribution in [0.5, 0.6) is 0 Å². The highest BCUT2D eigenvalue weighted by Gasteiger charge is 2.14. The average molecular weight is 242 g/mol. The van der Waals surface area contributed by atoms with E-state index >= 15 is 0 Å². The van der Waals surface area contributed by atoms with Crippen LogP contribution >= 0.6 is 0 Å². The molecule has 0 heterocycles. The fourth-order valence-corrected chi connectivity index (χ4v) is 2.23. The quantitative estimate of drug-likeness (QED) is 0.615. The van der Waals surface area contributed by atoms with Crippen molar-refractivity contribution in [2.75, 3.05) is 6.26 Å². The van der Waals surface area contributed by atoms with Crippen molar-refractivity contribution in [3.8, 4) is 0 Å². The van der Waals surface area contributed by atoms with Gasteiger partial charge in [-0.25, -0.2) is 8.42 Å². The number of hydrogen-bond acceptors (Lipinski definition) is 4. The van der Waals surface area contributed by atoms with Gasteiger partial charge in [0, 0.05) is 12.3 Å². The largest absolute Gasteiger partial charge is 0.271 e. The fourth-order valence-electron chi connectivity index (χ4n) is 1.60. The fraction of sp³-hybridized carbons (Fsp3) is 0.455. The van der Waals surface area contributed by atoms with Crippen LogP contribution in [0.25, 0.3) is 0 Å². The first-order chi connectivity index (χ1) is 7.36. The van der Waals surface area contributed by atoms with Crippen LogP contribution in [-0.4, -0.2) is 14.7 Å². The summed E-state index contributed by atoms with van der Waals surface area (Å²) in [6, 6.07) is 6.84. The topological polar surface area (TPSA) is 72.2 Å². The van der Waals surface area contributed by atoms with Crippen molar-refractivity contribution < 1.29 is 8.42 Å². The number of hydrogen-bond donors (Lipinski definition) is 2. The number of sulfone groups is 1. The zero-order valence-corrected chi connectivity index (χ0v) is 10.6. The zero-order chi connectivity index (χ0) is 12.3. The van der Waals surface area contributed by atoms with E-state index in [1.54, 1.807) is 24.3 Å². The van der Waals surface area contributed by atoms with E-state index < -0.39 is 9.84 Å². The predicted molar refractivity (Wildman–Crippen MR) is 64.5 cm³/mol. The molecule has 0 aliphatic heterocycles. The Morgan fingerprint density at radius 1 is 1.19 bits per heavy atom. The molecule has 0 saturated carbocycles. The highest BCUT2D eigenvalue weighted by molar-refractivity contribution is 7.90. The first-order valence-corrected chi connectivity index (χ1v) is 7.01. The van der Waals surface area contributed by atoms with Gasteiger partial charge in [0.25, 0.3) is 0 Å². The van der Waals surface area contributed by atoms with Gasteiger partial charge in [-0.1, -0.05) is 26.0 Å². The molecule has 1 atom stereocenters. The first kappa shape index (κ1) is 13.2. The van der Waals surface area contributed by atoms with Gasteiger partial charge in [-0.2, -0.15) is 0 Å². The maximum Gasteiger partial charge on any atom is 0.175 e. The molecular weight excluding hydrogens is 224 g/mol. The number of rotatable bonds is 4. The van der Waals surface area contributed by atoms with Crippen LogP contribution in [0.1, 0.15) is 25.5 Å². The van der Waals surface area contributed by atoms with E-state index in [2.05, 4.69) is 19.3 Å². The van der Waals surface area contributed by atoms with Crippen molar-refractivity contribution in [1.82, 2.24) is 5.43 Å². The van der Waals surface area contributed by atoms with Crippen LogP contribution < -0.4 is 11.3 Å². The minimum absolute atomic E-state index is 0.0358. The van der Waals surface area contributed by atoms with Crippen LogP contribution in [0.15, 0.2) is 29.2 Å². The first-order valence-electron chi connectivity index (χ1n) is 5.12. The van der Waals surface area contributed by atoms with Crippen LogP contribution in [0.4, 0.5) is 0 Å². The Morgan fingerprint density at radius 3 is 2.00 bits per heavy atom. The van der Waals surface area contributed by atoms with E-state index in [1.165, 1.54) is 6.26 Å². The molecule has 0 saturated heterocycles. The monoisotopic (exact) mass is 242 g/mol. The van der Waals surface area contributed by atoms with Crippen LogP contribution in [0, 0.1) is 5.92 Å². The Bertz CT molecular complexity index is 438. The number of hydrazine groups is 1. The number of nitrogens with two attached hydrogens (primary N) is 1. The Labute approximate surface area is 96.7 Å². The highest BCUT2D eigenvalue weighted by atomic mass is 32.2. The molecular formula is C11H18N2O2S. The molecule has 0 aliphatic rings. The Morgan fingerprint density at radius 2 is 1.69 bits per heavy atom. The molecule has 1 aromatic rings. The molecule has 0 aliphatic carbocycles. The van der Waals surface area contributed by atoms with Crippen LogP contribution in [0.3, 0.4) is 0 Å². The van der Waals surface area contributed by atoms with E-state index in [0.29, 0.717) is 10.8 Å². The summed E-state index contributed by atoms with van der Waals surface area (Å²) in [4.78, 5) is 0.329. The van der Waals surface area contributed by atoms with Gasteiger partial charge in [0.2, 0.25) is 0 Å². The standard InChI is InChI=1S/C11H18N2O2S/c1-8(2)11(13-12)9-4-6-10(7-5-9)16(3,14)15/h4-8,11,13H,12H2,1-3H3. The normalized spacial score (nSPS) is 14.1. The molecule has 90 valence electrons. The highest BCUT2D eigenvalue weighted by Crippen LogP contribution is 2.22. The minimum Gasteiger partial charge on any atom is -0.271 e. The van der Waals surface area contributed by atoms with Gasteiger partial charge in [-0.05, 0) is 23.6 Å². The SMILES string of the molecule is CC(C)C(NN)c1ccc(S(C)(=O)=O)cc1. The summed E-state index contributed by atoms with van der Waals surface area (Å²) in [6.07, 6.45) is 1.20. The van der Waals surface area contributed by atoms with Gasteiger partial charge >= 0.3 is 0 Å². The third-order valence-corrected chi connectivity index (χ3v) is 3.64. The van der Waals surface area contributed by atoms with Crippen molar-refractivity contribution in [3.05, 3.63) is 29.8 Å². The van der Waals surface area contributed by atoms with Gasteiger partial charge in [-0.15, -0.1) is 0 Å². The molecule has 3 N–H and O–H groups in total.